The molecule has 1 N–H and O–H groups in total. The van der Waals surface area contributed by atoms with E-state index in [1.54, 1.807) is 20.8 Å². The highest BCUT2D eigenvalue weighted by atomic mass is 16.5. The number of hydrogen-bond donors (Lipinski definition) is 1. The maximum Gasteiger partial charge on any atom is 0.308 e. The molecule has 0 saturated heterocycles. The normalized spacial score (nSPS) is 14.5. The fourth-order valence-electron chi connectivity index (χ4n) is 1.25. The molecular weight excluding hydrogens is 184 g/mol. The lowest BCUT2D eigenvalue weighted by Crippen LogP contribution is -2.22. The molecule has 0 aliphatic rings. The van der Waals surface area contributed by atoms with E-state index in [0.717, 1.165) is 0 Å². The van der Waals surface area contributed by atoms with Gasteiger partial charge in [0.1, 0.15) is 0 Å². The predicted molar refractivity (Wildman–Crippen MR) is 51.8 cm³/mol. The van der Waals surface area contributed by atoms with Gasteiger partial charge in [-0.25, -0.2) is 0 Å². The van der Waals surface area contributed by atoms with Crippen LogP contribution in [-0.4, -0.2) is 23.7 Å². The lowest BCUT2D eigenvalue weighted by Gasteiger charge is -2.14. The molecule has 0 saturated carbocycles. The average Bonchev–Trinajstić information content (AvgIpc) is 2.13. The highest BCUT2D eigenvalue weighted by Crippen LogP contribution is 2.16. The van der Waals surface area contributed by atoms with Gasteiger partial charge in [0.05, 0.1) is 18.4 Å². The van der Waals surface area contributed by atoms with Gasteiger partial charge in [-0.05, 0) is 19.8 Å². The van der Waals surface area contributed by atoms with E-state index in [1.807, 2.05) is 0 Å². The van der Waals surface area contributed by atoms with Crippen molar-refractivity contribution in [1.82, 2.24) is 0 Å². The van der Waals surface area contributed by atoms with E-state index >= 15 is 0 Å². The Hall–Kier alpha value is -1.06. The molecule has 0 heterocycles. The van der Waals surface area contributed by atoms with Crippen LogP contribution in [0, 0.1) is 11.8 Å². The quantitative estimate of drug-likeness (QED) is 0.666. The average molecular weight is 202 g/mol. The summed E-state index contributed by atoms with van der Waals surface area (Å²) in [5.41, 5.74) is 0. The van der Waals surface area contributed by atoms with Gasteiger partial charge < -0.3 is 9.84 Å². The van der Waals surface area contributed by atoms with Crippen LogP contribution in [0.1, 0.15) is 33.6 Å². The summed E-state index contributed by atoms with van der Waals surface area (Å²) in [6.45, 7) is 5.58. The van der Waals surface area contributed by atoms with Gasteiger partial charge in [-0.2, -0.15) is 0 Å². The van der Waals surface area contributed by atoms with Crippen LogP contribution in [-0.2, 0) is 14.3 Å². The number of ether oxygens (including phenoxy) is 1. The Morgan fingerprint density at radius 2 is 1.93 bits per heavy atom. The molecule has 0 aliphatic carbocycles. The van der Waals surface area contributed by atoms with Gasteiger partial charge in [-0.1, -0.05) is 13.8 Å². The smallest absolute Gasteiger partial charge is 0.308 e. The topological polar surface area (TPSA) is 63.6 Å². The molecule has 0 aromatic carbocycles. The molecule has 0 spiro atoms. The molecule has 82 valence electrons. The molecule has 0 amide bonds. The molecule has 2 atom stereocenters. The summed E-state index contributed by atoms with van der Waals surface area (Å²) in [5.74, 6) is -1.94. The maximum absolute atomic E-state index is 11.2. The number of hydrogen-bond acceptors (Lipinski definition) is 3. The van der Waals surface area contributed by atoms with Crippen LogP contribution < -0.4 is 0 Å². The number of rotatable bonds is 6. The zero-order valence-electron chi connectivity index (χ0n) is 8.95. The van der Waals surface area contributed by atoms with E-state index in [1.165, 1.54) is 0 Å². The van der Waals surface area contributed by atoms with Crippen molar-refractivity contribution in [3.63, 3.8) is 0 Å². The van der Waals surface area contributed by atoms with Gasteiger partial charge in [-0.3, -0.25) is 9.59 Å². The van der Waals surface area contributed by atoms with Gasteiger partial charge in [0.2, 0.25) is 0 Å². The first-order valence-electron chi connectivity index (χ1n) is 4.92. The molecule has 0 radical (unpaired) electrons. The summed E-state index contributed by atoms with van der Waals surface area (Å²) >= 11 is 0. The summed E-state index contributed by atoms with van der Waals surface area (Å²) in [5, 5.41) is 8.78. The van der Waals surface area contributed by atoms with Crippen molar-refractivity contribution in [1.29, 1.82) is 0 Å². The van der Waals surface area contributed by atoms with E-state index in [4.69, 9.17) is 9.84 Å². The second-order valence-electron chi connectivity index (χ2n) is 3.33. The van der Waals surface area contributed by atoms with Crippen LogP contribution in [0.5, 0.6) is 0 Å². The first-order valence-corrected chi connectivity index (χ1v) is 4.92. The van der Waals surface area contributed by atoms with E-state index in [2.05, 4.69) is 0 Å². The monoisotopic (exact) mass is 202 g/mol. The first kappa shape index (κ1) is 12.9. The van der Waals surface area contributed by atoms with Crippen LogP contribution in [0.25, 0.3) is 0 Å². The number of carboxylic acids is 1. The summed E-state index contributed by atoms with van der Waals surface area (Å²) in [6.07, 6.45) is 0.893. The highest BCUT2D eigenvalue weighted by molar-refractivity contribution is 5.74. The molecule has 0 bridgehead atoms. The Kier molecular flexibility index (Phi) is 5.92. The van der Waals surface area contributed by atoms with Gasteiger partial charge in [-0.15, -0.1) is 0 Å². The van der Waals surface area contributed by atoms with Gasteiger partial charge in [0.25, 0.3) is 0 Å². The van der Waals surface area contributed by atoms with E-state index in [9.17, 15) is 9.59 Å². The summed E-state index contributed by atoms with van der Waals surface area (Å²) in [4.78, 5) is 21.9. The summed E-state index contributed by atoms with van der Waals surface area (Å²) < 4.78 is 4.80. The Balaban J connectivity index is 4.08. The van der Waals surface area contributed by atoms with Crippen LogP contribution in [0.3, 0.4) is 0 Å². The Bertz CT molecular complexity index is 200. The minimum Gasteiger partial charge on any atom is -0.481 e. The first-order chi connectivity index (χ1) is 6.52. The van der Waals surface area contributed by atoms with Crippen LogP contribution >= 0.6 is 0 Å². The fourth-order valence-corrected chi connectivity index (χ4v) is 1.25. The van der Waals surface area contributed by atoms with Crippen molar-refractivity contribution in [3.8, 4) is 0 Å². The van der Waals surface area contributed by atoms with Crippen molar-refractivity contribution in [2.75, 3.05) is 6.61 Å². The number of carboxylic acid groups (broad SMARTS) is 1. The minimum atomic E-state index is -0.844. The van der Waals surface area contributed by atoms with Crippen molar-refractivity contribution in [3.05, 3.63) is 0 Å². The molecule has 0 aromatic heterocycles. The molecule has 4 nitrogen and oxygen atoms in total. The lowest BCUT2D eigenvalue weighted by molar-refractivity contribution is -0.149. The fraction of sp³-hybridized carbons (Fsp3) is 0.800. The predicted octanol–water partition coefficient (Wildman–Crippen LogP) is 1.69. The maximum atomic E-state index is 11.2. The number of carbonyl (C=O) groups is 2. The van der Waals surface area contributed by atoms with Crippen molar-refractivity contribution in [2.45, 2.75) is 33.6 Å². The third kappa shape index (κ3) is 4.25. The standard InChI is InChI=1S/C10H18O4/c1-4-8(9(11)12)6-7(3)10(13)14-5-2/h7-8H,4-6H2,1-3H3,(H,11,12). The van der Waals surface area contributed by atoms with Crippen molar-refractivity contribution >= 4 is 11.9 Å². The van der Waals surface area contributed by atoms with E-state index < -0.39 is 11.9 Å². The van der Waals surface area contributed by atoms with Gasteiger partial charge in [0, 0.05) is 0 Å². The third-order valence-electron chi connectivity index (χ3n) is 2.17. The zero-order valence-corrected chi connectivity index (χ0v) is 8.95. The Labute approximate surface area is 84.3 Å². The van der Waals surface area contributed by atoms with E-state index in [0.29, 0.717) is 19.4 Å². The molecule has 0 rings (SSSR count). The molecular formula is C10H18O4. The summed E-state index contributed by atoms with van der Waals surface area (Å²) in [7, 11) is 0. The van der Waals surface area contributed by atoms with Crippen LogP contribution in [0.2, 0.25) is 0 Å². The van der Waals surface area contributed by atoms with Crippen LogP contribution in [0.15, 0.2) is 0 Å². The lowest BCUT2D eigenvalue weighted by atomic mass is 9.94. The minimum absolute atomic E-state index is 0.313. The molecule has 0 fully saturated rings. The summed E-state index contributed by atoms with van der Waals surface area (Å²) in [6, 6.07) is 0. The second-order valence-corrected chi connectivity index (χ2v) is 3.33. The molecule has 2 unspecified atom stereocenters. The Morgan fingerprint density at radius 3 is 2.29 bits per heavy atom. The van der Waals surface area contributed by atoms with Crippen LogP contribution in [0.4, 0.5) is 0 Å². The number of aliphatic carboxylic acids is 1. The SMILES string of the molecule is CCOC(=O)C(C)CC(CC)C(=O)O. The largest absolute Gasteiger partial charge is 0.481 e. The van der Waals surface area contributed by atoms with Gasteiger partial charge >= 0.3 is 11.9 Å². The molecule has 0 aromatic rings. The zero-order chi connectivity index (χ0) is 11.1. The second kappa shape index (κ2) is 6.40. The van der Waals surface area contributed by atoms with Crippen molar-refractivity contribution < 1.29 is 19.4 Å². The molecule has 0 aliphatic heterocycles. The number of carbonyl (C=O) groups excluding carboxylic acids is 1. The molecule has 14 heavy (non-hydrogen) atoms. The number of esters is 1. The highest BCUT2D eigenvalue weighted by Gasteiger charge is 2.23. The third-order valence-corrected chi connectivity index (χ3v) is 2.17. The molecule has 4 heteroatoms. The van der Waals surface area contributed by atoms with E-state index in [-0.39, 0.29) is 11.9 Å². The van der Waals surface area contributed by atoms with Crippen molar-refractivity contribution in [2.24, 2.45) is 11.8 Å². The Morgan fingerprint density at radius 1 is 1.36 bits per heavy atom. The van der Waals surface area contributed by atoms with Gasteiger partial charge in [0.15, 0.2) is 0 Å².